The van der Waals surface area contributed by atoms with Crippen LogP contribution >= 0.6 is 0 Å². The largest absolute Gasteiger partial charge is 0.508 e. The second kappa shape index (κ2) is 9.03. The molecule has 20 heavy (non-hydrogen) atoms. The fraction of sp³-hybridized carbons (Fsp3) is 0.500. The molecule has 0 bridgehead atoms. The van der Waals surface area contributed by atoms with Crippen molar-refractivity contribution < 1.29 is 14.6 Å². The predicted octanol–water partition coefficient (Wildman–Crippen LogP) is 1.10. The topological polar surface area (TPSA) is 75.1 Å². The maximum atomic E-state index is 9.80. The molecule has 0 spiro atoms. The van der Waals surface area contributed by atoms with Gasteiger partial charge in [0, 0.05) is 25.8 Å². The van der Waals surface area contributed by atoms with Gasteiger partial charge in [-0.25, -0.2) is 4.99 Å². The summed E-state index contributed by atoms with van der Waals surface area (Å²) in [6, 6.07) is 5.09. The van der Waals surface area contributed by atoms with Gasteiger partial charge in [0.1, 0.15) is 11.5 Å². The minimum atomic E-state index is 0.210. The van der Waals surface area contributed by atoms with Gasteiger partial charge < -0.3 is 25.2 Å². The van der Waals surface area contributed by atoms with Crippen molar-refractivity contribution in [2.75, 3.05) is 33.9 Å². The molecule has 0 fully saturated rings. The molecule has 6 nitrogen and oxygen atoms in total. The quantitative estimate of drug-likeness (QED) is 0.396. The number of benzene rings is 1. The fourth-order valence-corrected chi connectivity index (χ4v) is 1.59. The number of ether oxygens (including phenoxy) is 2. The number of guanidine groups is 1. The number of methoxy groups -OCH3 is 2. The molecule has 0 saturated heterocycles. The van der Waals surface area contributed by atoms with E-state index in [4.69, 9.17) is 9.47 Å². The van der Waals surface area contributed by atoms with E-state index < -0.39 is 0 Å². The molecular formula is C14H23N3O3. The molecule has 0 aliphatic rings. The van der Waals surface area contributed by atoms with E-state index >= 15 is 0 Å². The molecule has 1 aromatic carbocycles. The molecule has 0 aliphatic carbocycles. The van der Waals surface area contributed by atoms with Gasteiger partial charge in [0.2, 0.25) is 0 Å². The number of aliphatic imine (C=N–C) groups is 1. The lowest BCUT2D eigenvalue weighted by Crippen LogP contribution is -2.38. The third kappa shape index (κ3) is 5.36. The van der Waals surface area contributed by atoms with E-state index in [0.29, 0.717) is 37.0 Å². The summed E-state index contributed by atoms with van der Waals surface area (Å²) in [7, 11) is 3.25. The second-order valence-electron chi connectivity index (χ2n) is 4.11. The van der Waals surface area contributed by atoms with Gasteiger partial charge in [0.05, 0.1) is 20.3 Å². The lowest BCUT2D eigenvalue weighted by molar-refractivity contribution is 0.203. The summed E-state index contributed by atoms with van der Waals surface area (Å²) in [6.07, 6.45) is 0. The van der Waals surface area contributed by atoms with Crippen molar-refractivity contribution in [3.8, 4) is 11.5 Å². The number of nitrogens with zero attached hydrogens (tertiary/aromatic N) is 1. The maximum absolute atomic E-state index is 9.80. The molecule has 1 rings (SSSR count). The van der Waals surface area contributed by atoms with Crippen LogP contribution < -0.4 is 15.4 Å². The molecule has 0 radical (unpaired) electrons. The van der Waals surface area contributed by atoms with Crippen LogP contribution in [0.5, 0.6) is 11.5 Å². The van der Waals surface area contributed by atoms with Crippen LogP contribution in [0.25, 0.3) is 0 Å². The molecule has 0 saturated carbocycles. The summed E-state index contributed by atoms with van der Waals surface area (Å²) in [5, 5.41) is 16.1. The molecule has 0 heterocycles. The van der Waals surface area contributed by atoms with Crippen LogP contribution in [0.3, 0.4) is 0 Å². The van der Waals surface area contributed by atoms with E-state index in [1.165, 1.54) is 0 Å². The Hall–Kier alpha value is -1.95. The Labute approximate surface area is 119 Å². The lowest BCUT2D eigenvalue weighted by Gasteiger charge is -2.11. The molecule has 112 valence electrons. The van der Waals surface area contributed by atoms with Gasteiger partial charge in [-0.05, 0) is 25.1 Å². The van der Waals surface area contributed by atoms with Crippen molar-refractivity contribution in [1.29, 1.82) is 0 Å². The Morgan fingerprint density at radius 2 is 2.10 bits per heavy atom. The third-order valence-corrected chi connectivity index (χ3v) is 2.64. The van der Waals surface area contributed by atoms with Crippen molar-refractivity contribution in [2.24, 2.45) is 4.99 Å². The van der Waals surface area contributed by atoms with E-state index in [1.54, 1.807) is 32.4 Å². The van der Waals surface area contributed by atoms with Crippen molar-refractivity contribution in [2.45, 2.75) is 13.5 Å². The number of hydrogen-bond donors (Lipinski definition) is 3. The van der Waals surface area contributed by atoms with Gasteiger partial charge in [0.15, 0.2) is 5.96 Å². The summed E-state index contributed by atoms with van der Waals surface area (Å²) in [6.45, 7) is 4.41. The normalized spacial score (nSPS) is 11.2. The molecular weight excluding hydrogens is 258 g/mol. The van der Waals surface area contributed by atoms with Crippen LogP contribution in [0.15, 0.2) is 23.2 Å². The van der Waals surface area contributed by atoms with Gasteiger partial charge in [-0.2, -0.15) is 0 Å². The second-order valence-corrected chi connectivity index (χ2v) is 4.11. The van der Waals surface area contributed by atoms with Crippen LogP contribution in [0.2, 0.25) is 0 Å². The SMILES string of the molecule is CCNC(=NCc1cc(OC)ccc1O)NCCOC. The lowest BCUT2D eigenvalue weighted by atomic mass is 10.2. The van der Waals surface area contributed by atoms with Crippen LogP contribution in [-0.4, -0.2) is 45.0 Å². The first-order valence-electron chi connectivity index (χ1n) is 6.58. The molecule has 0 unspecified atom stereocenters. The maximum Gasteiger partial charge on any atom is 0.191 e. The zero-order valence-electron chi connectivity index (χ0n) is 12.3. The highest BCUT2D eigenvalue weighted by molar-refractivity contribution is 5.79. The number of phenolic OH excluding ortho intramolecular Hbond substituents is 1. The molecule has 0 aliphatic heterocycles. The Morgan fingerprint density at radius 3 is 2.75 bits per heavy atom. The Balaban J connectivity index is 2.70. The highest BCUT2D eigenvalue weighted by Gasteiger charge is 2.03. The van der Waals surface area contributed by atoms with Crippen molar-refractivity contribution in [3.63, 3.8) is 0 Å². The average molecular weight is 281 g/mol. The van der Waals surface area contributed by atoms with Crippen molar-refractivity contribution in [1.82, 2.24) is 10.6 Å². The Kier molecular flexibility index (Phi) is 7.27. The molecule has 0 amide bonds. The van der Waals surface area contributed by atoms with Gasteiger partial charge in [-0.15, -0.1) is 0 Å². The van der Waals surface area contributed by atoms with Gasteiger partial charge in [-0.1, -0.05) is 0 Å². The van der Waals surface area contributed by atoms with Gasteiger partial charge >= 0.3 is 0 Å². The summed E-state index contributed by atoms with van der Waals surface area (Å²) in [5.41, 5.74) is 0.716. The minimum Gasteiger partial charge on any atom is -0.508 e. The summed E-state index contributed by atoms with van der Waals surface area (Å²) in [4.78, 5) is 4.42. The highest BCUT2D eigenvalue weighted by atomic mass is 16.5. The fourth-order valence-electron chi connectivity index (χ4n) is 1.59. The van der Waals surface area contributed by atoms with Crippen LogP contribution in [0, 0.1) is 0 Å². The number of aromatic hydroxyl groups is 1. The van der Waals surface area contributed by atoms with Crippen molar-refractivity contribution in [3.05, 3.63) is 23.8 Å². The molecule has 0 atom stereocenters. The number of phenols is 1. The zero-order valence-corrected chi connectivity index (χ0v) is 12.3. The van der Waals surface area contributed by atoms with Crippen LogP contribution in [0.4, 0.5) is 0 Å². The van der Waals surface area contributed by atoms with E-state index in [-0.39, 0.29) is 5.75 Å². The van der Waals surface area contributed by atoms with Crippen molar-refractivity contribution >= 4 is 5.96 Å². The molecule has 6 heteroatoms. The predicted molar refractivity (Wildman–Crippen MR) is 79.4 cm³/mol. The Morgan fingerprint density at radius 1 is 1.30 bits per heavy atom. The number of hydrogen-bond acceptors (Lipinski definition) is 4. The average Bonchev–Trinajstić information content (AvgIpc) is 2.46. The number of rotatable bonds is 7. The van der Waals surface area contributed by atoms with Crippen LogP contribution in [-0.2, 0) is 11.3 Å². The van der Waals surface area contributed by atoms with E-state index in [0.717, 1.165) is 6.54 Å². The smallest absolute Gasteiger partial charge is 0.191 e. The standard InChI is InChI=1S/C14H23N3O3/c1-4-15-14(16-7-8-19-2)17-10-11-9-12(20-3)5-6-13(11)18/h5-6,9,18H,4,7-8,10H2,1-3H3,(H2,15,16,17). The van der Waals surface area contributed by atoms with E-state index in [9.17, 15) is 5.11 Å². The zero-order chi connectivity index (χ0) is 14.8. The number of nitrogens with one attached hydrogen (secondary N) is 2. The molecule has 3 N–H and O–H groups in total. The third-order valence-electron chi connectivity index (χ3n) is 2.64. The minimum absolute atomic E-state index is 0.210. The van der Waals surface area contributed by atoms with Gasteiger partial charge in [0.25, 0.3) is 0 Å². The summed E-state index contributed by atoms with van der Waals surface area (Å²) in [5.74, 6) is 1.60. The molecule has 1 aromatic rings. The summed E-state index contributed by atoms with van der Waals surface area (Å²) >= 11 is 0. The highest BCUT2D eigenvalue weighted by Crippen LogP contribution is 2.23. The Bertz CT molecular complexity index is 436. The van der Waals surface area contributed by atoms with E-state index in [1.807, 2.05) is 6.92 Å². The summed E-state index contributed by atoms with van der Waals surface area (Å²) < 4.78 is 10.1. The monoisotopic (exact) mass is 281 g/mol. The first-order chi connectivity index (χ1) is 9.71. The van der Waals surface area contributed by atoms with Gasteiger partial charge in [-0.3, -0.25) is 0 Å². The molecule has 0 aromatic heterocycles. The first-order valence-corrected chi connectivity index (χ1v) is 6.58. The first kappa shape index (κ1) is 16.1. The van der Waals surface area contributed by atoms with Crippen LogP contribution in [0.1, 0.15) is 12.5 Å². The van der Waals surface area contributed by atoms with E-state index in [2.05, 4.69) is 15.6 Å².